The molecule has 0 amide bonds. The van der Waals surface area contributed by atoms with Gasteiger partial charge in [0.25, 0.3) is 0 Å². The van der Waals surface area contributed by atoms with Crippen molar-refractivity contribution in [2.75, 3.05) is 13.1 Å². The molecule has 3 rings (SSSR count). The lowest BCUT2D eigenvalue weighted by Gasteiger charge is -2.08. The summed E-state index contributed by atoms with van der Waals surface area (Å²) in [7, 11) is 0. The van der Waals surface area contributed by atoms with Crippen LogP contribution in [0.5, 0.6) is 0 Å². The maximum absolute atomic E-state index is 10.2. The van der Waals surface area contributed by atoms with Crippen molar-refractivity contribution in [2.24, 2.45) is 0 Å². The maximum atomic E-state index is 10.2. The molecule has 0 spiro atoms. The molecule has 0 bridgehead atoms. The number of fused-ring (bicyclic) bond motifs is 1. The van der Waals surface area contributed by atoms with E-state index in [9.17, 15) is 5.11 Å². The van der Waals surface area contributed by atoms with Crippen LogP contribution in [-0.2, 0) is 0 Å². The van der Waals surface area contributed by atoms with Crippen molar-refractivity contribution in [3.8, 4) is 0 Å². The Labute approximate surface area is 127 Å². The van der Waals surface area contributed by atoms with Crippen LogP contribution in [-0.4, -0.2) is 18.2 Å². The Morgan fingerprint density at radius 1 is 1.24 bits per heavy atom. The van der Waals surface area contributed by atoms with E-state index in [0.717, 1.165) is 10.6 Å². The molecule has 4 heteroatoms. The molecule has 0 aliphatic rings. The van der Waals surface area contributed by atoms with E-state index in [-0.39, 0.29) is 0 Å². The standard InChI is InChI=1S/C17H17NO2S/c19-15(12-18-9-3-6-14-7-4-10-20-14)17-11-13-5-1-2-8-16(13)21-17/h1-8,10-11,15,18-19H,9,12H2/b6-3+. The molecule has 21 heavy (non-hydrogen) atoms. The minimum Gasteiger partial charge on any atom is -0.465 e. The molecule has 0 radical (unpaired) electrons. The lowest BCUT2D eigenvalue weighted by molar-refractivity contribution is 0.180. The topological polar surface area (TPSA) is 45.4 Å². The summed E-state index contributed by atoms with van der Waals surface area (Å²) in [6.45, 7) is 1.23. The Hall–Kier alpha value is -1.88. The van der Waals surface area contributed by atoms with Crippen molar-refractivity contribution >= 4 is 27.5 Å². The highest BCUT2D eigenvalue weighted by atomic mass is 32.1. The summed E-state index contributed by atoms with van der Waals surface area (Å²) in [5, 5.41) is 14.6. The monoisotopic (exact) mass is 299 g/mol. The number of hydrogen-bond acceptors (Lipinski definition) is 4. The normalized spacial score (nSPS) is 13.2. The Morgan fingerprint density at radius 3 is 2.95 bits per heavy atom. The van der Waals surface area contributed by atoms with E-state index >= 15 is 0 Å². The molecule has 108 valence electrons. The smallest absolute Gasteiger partial charge is 0.126 e. The molecule has 0 fully saturated rings. The number of nitrogens with one attached hydrogen (secondary N) is 1. The van der Waals surface area contributed by atoms with Crippen LogP contribution in [0.1, 0.15) is 16.7 Å². The van der Waals surface area contributed by atoms with Crippen LogP contribution in [0.4, 0.5) is 0 Å². The Bertz CT molecular complexity index is 682. The molecule has 0 aliphatic carbocycles. The van der Waals surface area contributed by atoms with Crippen molar-refractivity contribution in [1.29, 1.82) is 0 Å². The highest BCUT2D eigenvalue weighted by Crippen LogP contribution is 2.29. The van der Waals surface area contributed by atoms with Gasteiger partial charge in [0.15, 0.2) is 0 Å². The zero-order valence-electron chi connectivity index (χ0n) is 11.5. The van der Waals surface area contributed by atoms with Crippen molar-refractivity contribution in [3.05, 3.63) is 65.4 Å². The summed E-state index contributed by atoms with van der Waals surface area (Å²) in [5.41, 5.74) is 0. The van der Waals surface area contributed by atoms with Gasteiger partial charge in [-0.15, -0.1) is 11.3 Å². The number of hydrogen-bond donors (Lipinski definition) is 2. The van der Waals surface area contributed by atoms with E-state index in [2.05, 4.69) is 23.5 Å². The van der Waals surface area contributed by atoms with Gasteiger partial charge in [-0.1, -0.05) is 24.3 Å². The number of aliphatic hydroxyl groups is 1. The van der Waals surface area contributed by atoms with Gasteiger partial charge in [-0.25, -0.2) is 0 Å². The van der Waals surface area contributed by atoms with Crippen LogP contribution < -0.4 is 5.32 Å². The Kier molecular flexibility index (Phi) is 4.50. The average Bonchev–Trinajstić information content (AvgIpc) is 3.15. The lowest BCUT2D eigenvalue weighted by atomic mass is 10.2. The van der Waals surface area contributed by atoms with Gasteiger partial charge in [0.05, 0.1) is 6.26 Å². The fourth-order valence-corrected chi connectivity index (χ4v) is 3.18. The molecular weight excluding hydrogens is 282 g/mol. The van der Waals surface area contributed by atoms with Gasteiger partial charge >= 0.3 is 0 Å². The van der Waals surface area contributed by atoms with E-state index in [0.29, 0.717) is 13.1 Å². The molecule has 1 aromatic carbocycles. The number of furan rings is 1. The van der Waals surface area contributed by atoms with Gasteiger partial charge in [-0.3, -0.25) is 0 Å². The van der Waals surface area contributed by atoms with E-state index in [1.54, 1.807) is 17.6 Å². The largest absolute Gasteiger partial charge is 0.465 e. The third kappa shape index (κ3) is 3.61. The van der Waals surface area contributed by atoms with E-state index in [1.807, 2.05) is 36.4 Å². The molecular formula is C17H17NO2S. The molecule has 3 nitrogen and oxygen atoms in total. The first kappa shape index (κ1) is 14.1. The number of thiophene rings is 1. The van der Waals surface area contributed by atoms with Gasteiger partial charge in [0, 0.05) is 22.7 Å². The predicted octanol–water partition coefficient (Wildman–Crippen LogP) is 3.83. The van der Waals surface area contributed by atoms with E-state index in [4.69, 9.17) is 4.42 Å². The maximum Gasteiger partial charge on any atom is 0.126 e. The zero-order chi connectivity index (χ0) is 14.5. The van der Waals surface area contributed by atoms with Gasteiger partial charge in [-0.2, -0.15) is 0 Å². The fourth-order valence-electron chi connectivity index (χ4n) is 2.13. The second kappa shape index (κ2) is 6.72. The van der Waals surface area contributed by atoms with Crippen LogP contribution in [0, 0.1) is 0 Å². The first-order valence-electron chi connectivity index (χ1n) is 6.90. The van der Waals surface area contributed by atoms with E-state index < -0.39 is 6.10 Å². The summed E-state index contributed by atoms with van der Waals surface area (Å²) < 4.78 is 6.41. The van der Waals surface area contributed by atoms with Gasteiger partial charge in [0.1, 0.15) is 11.9 Å². The summed E-state index contributed by atoms with van der Waals surface area (Å²) in [6.07, 6.45) is 5.08. The first-order valence-corrected chi connectivity index (χ1v) is 7.72. The number of aliphatic hydroxyl groups excluding tert-OH is 1. The lowest BCUT2D eigenvalue weighted by Crippen LogP contribution is -2.20. The highest BCUT2D eigenvalue weighted by molar-refractivity contribution is 7.19. The third-order valence-corrected chi connectivity index (χ3v) is 4.42. The second-order valence-electron chi connectivity index (χ2n) is 4.78. The minimum absolute atomic E-state index is 0.473. The number of benzene rings is 1. The molecule has 2 aromatic heterocycles. The highest BCUT2D eigenvalue weighted by Gasteiger charge is 2.10. The summed E-state index contributed by atoms with van der Waals surface area (Å²) in [5.74, 6) is 0.835. The van der Waals surface area contributed by atoms with Crippen LogP contribution in [0.3, 0.4) is 0 Å². The molecule has 1 atom stereocenters. The quantitative estimate of drug-likeness (QED) is 0.680. The molecule has 0 saturated heterocycles. The zero-order valence-corrected chi connectivity index (χ0v) is 12.3. The number of rotatable bonds is 6. The van der Waals surface area contributed by atoms with Crippen LogP contribution in [0.25, 0.3) is 16.2 Å². The van der Waals surface area contributed by atoms with Crippen molar-refractivity contribution in [1.82, 2.24) is 5.32 Å². The molecule has 2 heterocycles. The molecule has 0 saturated carbocycles. The van der Waals surface area contributed by atoms with Crippen LogP contribution in [0.2, 0.25) is 0 Å². The molecule has 2 N–H and O–H groups in total. The van der Waals surface area contributed by atoms with Crippen molar-refractivity contribution in [3.63, 3.8) is 0 Å². The average molecular weight is 299 g/mol. The van der Waals surface area contributed by atoms with Crippen LogP contribution in [0.15, 0.2) is 59.2 Å². The second-order valence-corrected chi connectivity index (χ2v) is 5.89. The minimum atomic E-state index is -0.473. The predicted molar refractivity (Wildman–Crippen MR) is 87.4 cm³/mol. The van der Waals surface area contributed by atoms with Gasteiger partial charge in [0.2, 0.25) is 0 Å². The van der Waals surface area contributed by atoms with E-state index in [1.165, 1.54) is 10.1 Å². The SMILES string of the molecule is OC(CNC/C=C/c1ccco1)c1cc2ccccc2s1. The summed E-state index contributed by atoms with van der Waals surface area (Å²) >= 11 is 1.64. The van der Waals surface area contributed by atoms with Crippen molar-refractivity contribution < 1.29 is 9.52 Å². The Balaban J connectivity index is 1.50. The molecule has 0 aliphatic heterocycles. The van der Waals surface area contributed by atoms with Crippen molar-refractivity contribution in [2.45, 2.75) is 6.10 Å². The first-order chi connectivity index (χ1) is 10.3. The van der Waals surface area contributed by atoms with Gasteiger partial charge < -0.3 is 14.8 Å². The molecule has 1 unspecified atom stereocenters. The Morgan fingerprint density at radius 2 is 2.14 bits per heavy atom. The summed E-state index contributed by atoms with van der Waals surface area (Å²) in [4.78, 5) is 0.999. The van der Waals surface area contributed by atoms with Crippen LogP contribution >= 0.6 is 11.3 Å². The molecule has 3 aromatic rings. The third-order valence-electron chi connectivity index (χ3n) is 3.20. The summed E-state index contributed by atoms with van der Waals surface area (Å²) in [6, 6.07) is 14.0. The fraction of sp³-hybridized carbons (Fsp3) is 0.176. The van der Waals surface area contributed by atoms with Gasteiger partial charge in [-0.05, 0) is 35.7 Å².